The molecule has 148 valence electrons. The van der Waals surface area contributed by atoms with Crippen LogP contribution in [0.1, 0.15) is 43.7 Å². The van der Waals surface area contributed by atoms with Gasteiger partial charge in [0.05, 0.1) is 19.8 Å². The maximum absolute atomic E-state index is 5.88. The molecule has 0 aromatic heterocycles. The van der Waals surface area contributed by atoms with Crippen molar-refractivity contribution in [2.24, 2.45) is 0 Å². The molecule has 0 saturated carbocycles. The molecule has 5 heteroatoms. The molecule has 0 N–H and O–H groups in total. The Morgan fingerprint density at radius 2 is 1.77 bits per heavy atom. The first-order valence-corrected chi connectivity index (χ1v) is 10.1. The molecule has 1 aromatic carbocycles. The van der Waals surface area contributed by atoms with Gasteiger partial charge < -0.3 is 9.47 Å². The number of halogens is 1. The Labute approximate surface area is 165 Å². The lowest BCUT2D eigenvalue weighted by molar-refractivity contribution is 0.0374. The van der Waals surface area contributed by atoms with Crippen LogP contribution in [-0.4, -0.2) is 62.3 Å². The van der Waals surface area contributed by atoms with Crippen molar-refractivity contribution in [1.29, 1.82) is 0 Å². The highest BCUT2D eigenvalue weighted by Gasteiger charge is 2.14. The summed E-state index contributed by atoms with van der Waals surface area (Å²) in [5.41, 5.74) is 2.82. The molecule has 0 atom stereocenters. The van der Waals surface area contributed by atoms with Gasteiger partial charge in [-0.05, 0) is 63.9 Å². The third-order valence-corrected chi connectivity index (χ3v) is 5.31. The van der Waals surface area contributed by atoms with E-state index in [-0.39, 0.29) is 12.4 Å². The van der Waals surface area contributed by atoms with Crippen LogP contribution in [0.25, 0.3) is 0 Å². The van der Waals surface area contributed by atoms with Crippen molar-refractivity contribution >= 4 is 12.4 Å². The minimum atomic E-state index is 0. The quantitative estimate of drug-likeness (QED) is 0.683. The maximum atomic E-state index is 5.88. The lowest BCUT2D eigenvalue weighted by Gasteiger charge is -2.27. The van der Waals surface area contributed by atoms with Crippen molar-refractivity contribution in [3.8, 4) is 5.75 Å². The number of hydrogen-bond acceptors (Lipinski definition) is 4. The van der Waals surface area contributed by atoms with Crippen molar-refractivity contribution in [2.45, 2.75) is 45.6 Å². The Balaban J connectivity index is 0.00000243. The fraction of sp³-hybridized carbons (Fsp3) is 0.714. The number of morpholine rings is 1. The Bertz CT molecular complexity index is 515. The molecule has 0 spiro atoms. The fourth-order valence-corrected chi connectivity index (χ4v) is 3.90. The molecule has 0 bridgehead atoms. The number of hydrogen-bond donors (Lipinski definition) is 0. The molecule has 2 fully saturated rings. The molecule has 0 radical (unpaired) electrons. The van der Waals surface area contributed by atoms with Crippen LogP contribution in [0.15, 0.2) is 18.2 Å². The molecule has 0 amide bonds. The first-order chi connectivity index (χ1) is 12.3. The van der Waals surface area contributed by atoms with Gasteiger partial charge in [-0.1, -0.05) is 18.6 Å². The van der Waals surface area contributed by atoms with Crippen LogP contribution in [-0.2, 0) is 17.7 Å². The third-order valence-electron chi connectivity index (χ3n) is 5.31. The highest BCUT2D eigenvalue weighted by molar-refractivity contribution is 5.85. The molecule has 2 aliphatic heterocycles. The van der Waals surface area contributed by atoms with E-state index in [9.17, 15) is 0 Å². The van der Waals surface area contributed by atoms with Crippen LogP contribution in [0.2, 0.25) is 0 Å². The van der Waals surface area contributed by atoms with E-state index < -0.39 is 0 Å². The summed E-state index contributed by atoms with van der Waals surface area (Å²) in [7, 11) is 0. The Morgan fingerprint density at radius 3 is 2.50 bits per heavy atom. The number of benzene rings is 1. The zero-order valence-electron chi connectivity index (χ0n) is 16.3. The third kappa shape index (κ3) is 6.73. The number of likely N-dealkylation sites (tertiary alicyclic amines) is 1. The summed E-state index contributed by atoms with van der Waals surface area (Å²) < 4.78 is 11.3. The van der Waals surface area contributed by atoms with E-state index in [1.165, 1.54) is 56.4 Å². The Morgan fingerprint density at radius 1 is 1.00 bits per heavy atom. The van der Waals surface area contributed by atoms with Gasteiger partial charge in [0.1, 0.15) is 5.75 Å². The number of ether oxygens (including phenoxy) is 2. The minimum absolute atomic E-state index is 0. The van der Waals surface area contributed by atoms with Gasteiger partial charge in [0.2, 0.25) is 0 Å². The molecule has 2 heterocycles. The van der Waals surface area contributed by atoms with E-state index in [4.69, 9.17) is 9.47 Å². The van der Waals surface area contributed by atoms with Crippen LogP contribution in [0.5, 0.6) is 5.75 Å². The van der Waals surface area contributed by atoms with Gasteiger partial charge in [-0.15, -0.1) is 12.4 Å². The van der Waals surface area contributed by atoms with Crippen LogP contribution in [0.4, 0.5) is 0 Å². The summed E-state index contributed by atoms with van der Waals surface area (Å²) in [6.45, 7) is 11.4. The highest BCUT2D eigenvalue weighted by atomic mass is 35.5. The second kappa shape index (κ2) is 11.8. The van der Waals surface area contributed by atoms with E-state index in [2.05, 4.69) is 34.9 Å². The molecule has 3 rings (SSSR count). The molecular weight excluding hydrogens is 348 g/mol. The van der Waals surface area contributed by atoms with Gasteiger partial charge in [0.15, 0.2) is 0 Å². The molecule has 1 aromatic rings. The van der Waals surface area contributed by atoms with Gasteiger partial charge in [-0.25, -0.2) is 0 Å². The average molecular weight is 383 g/mol. The molecule has 2 saturated heterocycles. The zero-order valence-corrected chi connectivity index (χ0v) is 17.1. The first-order valence-electron chi connectivity index (χ1n) is 10.1. The van der Waals surface area contributed by atoms with E-state index in [1.54, 1.807) is 0 Å². The van der Waals surface area contributed by atoms with Crippen LogP contribution in [0.3, 0.4) is 0 Å². The molecule has 0 unspecified atom stereocenters. The molecule has 0 aliphatic carbocycles. The second-order valence-corrected chi connectivity index (χ2v) is 7.27. The van der Waals surface area contributed by atoms with Crippen LogP contribution >= 0.6 is 12.4 Å². The number of rotatable bonds is 8. The lowest BCUT2D eigenvalue weighted by Crippen LogP contribution is -2.36. The monoisotopic (exact) mass is 382 g/mol. The topological polar surface area (TPSA) is 24.9 Å². The van der Waals surface area contributed by atoms with E-state index in [0.29, 0.717) is 0 Å². The second-order valence-electron chi connectivity index (χ2n) is 7.27. The summed E-state index contributed by atoms with van der Waals surface area (Å²) in [5.74, 6) is 1.07. The molecular formula is C21H35ClN2O2. The zero-order chi connectivity index (χ0) is 17.3. The van der Waals surface area contributed by atoms with Gasteiger partial charge >= 0.3 is 0 Å². The van der Waals surface area contributed by atoms with Gasteiger partial charge in [-0.3, -0.25) is 9.80 Å². The highest BCUT2D eigenvalue weighted by Crippen LogP contribution is 2.24. The smallest absolute Gasteiger partial charge is 0.123 e. The SMILES string of the molecule is CCOc1ccc(CCCN2CCOCC2)cc1CN1CCCCC1.Cl. The lowest BCUT2D eigenvalue weighted by atomic mass is 10.0. The summed E-state index contributed by atoms with van der Waals surface area (Å²) in [4.78, 5) is 5.10. The van der Waals surface area contributed by atoms with Gasteiger partial charge in [0, 0.05) is 25.2 Å². The van der Waals surface area contributed by atoms with Crippen molar-refractivity contribution in [1.82, 2.24) is 9.80 Å². The average Bonchev–Trinajstić information content (AvgIpc) is 2.66. The maximum Gasteiger partial charge on any atom is 0.123 e. The molecule has 4 nitrogen and oxygen atoms in total. The predicted octanol–water partition coefficient (Wildman–Crippen LogP) is 3.76. The molecule has 2 aliphatic rings. The Hall–Kier alpha value is -0.810. The predicted molar refractivity (Wildman–Crippen MR) is 110 cm³/mol. The first kappa shape index (κ1) is 21.5. The van der Waals surface area contributed by atoms with Gasteiger partial charge in [-0.2, -0.15) is 0 Å². The summed E-state index contributed by atoms with van der Waals surface area (Å²) in [6, 6.07) is 6.83. The normalized spacial score (nSPS) is 19.1. The molecule has 26 heavy (non-hydrogen) atoms. The van der Waals surface area contributed by atoms with Crippen molar-refractivity contribution in [2.75, 3.05) is 52.5 Å². The van der Waals surface area contributed by atoms with Crippen LogP contribution < -0.4 is 4.74 Å². The van der Waals surface area contributed by atoms with Crippen LogP contribution in [0, 0.1) is 0 Å². The summed E-state index contributed by atoms with van der Waals surface area (Å²) in [6.07, 6.45) is 6.43. The number of piperidine rings is 1. The van der Waals surface area contributed by atoms with Crippen molar-refractivity contribution in [3.05, 3.63) is 29.3 Å². The van der Waals surface area contributed by atoms with E-state index in [0.717, 1.165) is 51.6 Å². The standard InChI is InChI=1S/C21H34N2O2.ClH/c1-2-25-21-9-8-19(7-6-12-22-13-15-24-16-14-22)17-20(21)18-23-10-4-3-5-11-23;/h8-9,17H,2-7,10-16,18H2,1H3;1H. The minimum Gasteiger partial charge on any atom is -0.494 e. The summed E-state index contributed by atoms with van der Waals surface area (Å²) >= 11 is 0. The number of aryl methyl sites for hydroxylation is 1. The van der Waals surface area contributed by atoms with Crippen molar-refractivity contribution < 1.29 is 9.47 Å². The van der Waals surface area contributed by atoms with E-state index in [1.807, 2.05) is 0 Å². The van der Waals surface area contributed by atoms with Crippen molar-refractivity contribution in [3.63, 3.8) is 0 Å². The Kier molecular flexibility index (Phi) is 9.76. The summed E-state index contributed by atoms with van der Waals surface area (Å²) in [5, 5.41) is 0. The largest absolute Gasteiger partial charge is 0.494 e. The van der Waals surface area contributed by atoms with Gasteiger partial charge in [0.25, 0.3) is 0 Å². The number of nitrogens with zero attached hydrogens (tertiary/aromatic N) is 2. The fourth-order valence-electron chi connectivity index (χ4n) is 3.90. The van der Waals surface area contributed by atoms with E-state index >= 15 is 0 Å².